The van der Waals surface area contributed by atoms with Crippen molar-refractivity contribution in [2.45, 2.75) is 45.4 Å². The Morgan fingerprint density at radius 1 is 1.43 bits per heavy atom. The Morgan fingerprint density at radius 2 is 2.05 bits per heavy atom. The van der Waals surface area contributed by atoms with Gasteiger partial charge in [-0.1, -0.05) is 26.0 Å². The van der Waals surface area contributed by atoms with E-state index in [1.807, 2.05) is 13.8 Å². The monoisotopic (exact) mass is 296 g/mol. The number of carboxylic acids is 1. The molecule has 1 rings (SSSR count). The molecule has 0 fully saturated rings. The van der Waals surface area contributed by atoms with Crippen LogP contribution >= 0.6 is 0 Å². The van der Waals surface area contributed by atoms with Crippen molar-refractivity contribution in [1.29, 1.82) is 0 Å². The van der Waals surface area contributed by atoms with Gasteiger partial charge in [0.25, 0.3) is 5.69 Å². The number of hydrogen-bond acceptors (Lipinski definition) is 5. The quantitative estimate of drug-likeness (QED) is 0.522. The number of nitrogens with one attached hydrogen (secondary N) is 1. The van der Waals surface area contributed by atoms with Gasteiger partial charge in [-0.2, -0.15) is 0 Å². The predicted octanol–water partition coefficient (Wildman–Crippen LogP) is 1.78. The van der Waals surface area contributed by atoms with Crippen LogP contribution in [0.2, 0.25) is 0 Å². The minimum atomic E-state index is -1.14. The summed E-state index contributed by atoms with van der Waals surface area (Å²) in [6.07, 6.45) is -1.41. The normalized spacial score (nSPS) is 14.0. The lowest BCUT2D eigenvalue weighted by Gasteiger charge is -2.25. The van der Waals surface area contributed by atoms with Crippen LogP contribution in [0, 0.1) is 17.0 Å². The van der Waals surface area contributed by atoms with E-state index in [0.29, 0.717) is 11.1 Å². The van der Waals surface area contributed by atoms with Crippen LogP contribution < -0.4 is 5.32 Å². The van der Waals surface area contributed by atoms with Crippen molar-refractivity contribution in [2.75, 3.05) is 0 Å². The number of rotatable bonds is 7. The van der Waals surface area contributed by atoms with Crippen LogP contribution in [0.5, 0.6) is 0 Å². The summed E-state index contributed by atoms with van der Waals surface area (Å²) in [5.41, 5.74) is 0.722. The summed E-state index contributed by atoms with van der Waals surface area (Å²) in [5, 5.41) is 33.2. The van der Waals surface area contributed by atoms with Crippen molar-refractivity contribution in [2.24, 2.45) is 0 Å². The molecule has 0 bridgehead atoms. The van der Waals surface area contributed by atoms with Crippen molar-refractivity contribution < 1.29 is 19.9 Å². The Bertz CT molecular complexity index is 530. The first-order chi connectivity index (χ1) is 9.72. The van der Waals surface area contributed by atoms with Gasteiger partial charge in [0.1, 0.15) is 0 Å². The molecule has 0 aliphatic rings. The standard InChI is InChI=1S/C14H20N2O5/c1-8(2)15-11(7-13(17)18)14(19)10-5-4-9(3)12(6-10)16(20)21/h4-6,8,11,14-15,19H,7H2,1-3H3,(H,17,18). The van der Waals surface area contributed by atoms with E-state index in [1.165, 1.54) is 6.07 Å². The molecular weight excluding hydrogens is 276 g/mol. The van der Waals surface area contributed by atoms with Crippen molar-refractivity contribution in [1.82, 2.24) is 5.32 Å². The zero-order chi connectivity index (χ0) is 16.2. The second-order valence-corrected chi connectivity index (χ2v) is 5.27. The fourth-order valence-electron chi connectivity index (χ4n) is 2.12. The van der Waals surface area contributed by atoms with Crippen LogP contribution in [-0.4, -0.2) is 33.2 Å². The summed E-state index contributed by atoms with van der Waals surface area (Å²) in [6, 6.07) is 3.67. The second-order valence-electron chi connectivity index (χ2n) is 5.27. The van der Waals surface area contributed by atoms with Gasteiger partial charge in [-0.3, -0.25) is 14.9 Å². The van der Waals surface area contributed by atoms with Crippen molar-refractivity contribution in [3.63, 3.8) is 0 Å². The molecule has 1 aromatic carbocycles. The first-order valence-corrected chi connectivity index (χ1v) is 6.63. The molecule has 1 aromatic rings. The van der Waals surface area contributed by atoms with Gasteiger partial charge < -0.3 is 15.5 Å². The lowest BCUT2D eigenvalue weighted by Crippen LogP contribution is -2.40. The summed E-state index contributed by atoms with van der Waals surface area (Å²) >= 11 is 0. The number of carboxylic acid groups (broad SMARTS) is 1. The number of nitro groups is 1. The number of nitrogens with zero attached hydrogens (tertiary/aromatic N) is 1. The fraction of sp³-hybridized carbons (Fsp3) is 0.500. The van der Waals surface area contributed by atoms with Crippen molar-refractivity contribution in [3.05, 3.63) is 39.4 Å². The van der Waals surface area contributed by atoms with E-state index in [2.05, 4.69) is 5.32 Å². The summed E-state index contributed by atoms with van der Waals surface area (Å²) in [5.74, 6) is -1.05. The Morgan fingerprint density at radius 3 is 2.52 bits per heavy atom. The number of nitro benzene ring substituents is 1. The third-order valence-electron chi connectivity index (χ3n) is 3.09. The van der Waals surface area contributed by atoms with E-state index >= 15 is 0 Å². The Labute approximate surface area is 122 Å². The molecule has 7 heteroatoms. The first-order valence-electron chi connectivity index (χ1n) is 6.63. The summed E-state index contributed by atoms with van der Waals surface area (Å²) < 4.78 is 0. The molecule has 0 aromatic heterocycles. The molecule has 0 saturated heterocycles. The lowest BCUT2D eigenvalue weighted by atomic mass is 9.97. The zero-order valence-electron chi connectivity index (χ0n) is 12.2. The number of benzene rings is 1. The first kappa shape index (κ1) is 17.1. The minimum absolute atomic E-state index is 0.0237. The lowest BCUT2D eigenvalue weighted by molar-refractivity contribution is -0.385. The number of aliphatic hydroxyl groups excluding tert-OH is 1. The molecule has 0 aliphatic heterocycles. The van der Waals surface area contributed by atoms with Crippen LogP contribution in [0.3, 0.4) is 0 Å². The molecule has 7 nitrogen and oxygen atoms in total. The van der Waals surface area contributed by atoms with Gasteiger partial charge in [-0.05, 0) is 12.5 Å². The number of hydrogen-bond donors (Lipinski definition) is 3. The van der Waals surface area contributed by atoms with Crippen LogP contribution in [0.4, 0.5) is 5.69 Å². The molecule has 0 radical (unpaired) electrons. The van der Waals surface area contributed by atoms with Crippen LogP contribution in [-0.2, 0) is 4.79 Å². The van der Waals surface area contributed by atoms with Crippen LogP contribution in [0.1, 0.15) is 37.5 Å². The summed E-state index contributed by atoms with van der Waals surface area (Å²) in [4.78, 5) is 21.3. The highest BCUT2D eigenvalue weighted by molar-refractivity contribution is 5.67. The average molecular weight is 296 g/mol. The molecular formula is C14H20N2O5. The molecule has 0 spiro atoms. The summed E-state index contributed by atoms with van der Waals surface area (Å²) in [6.45, 7) is 5.27. The topological polar surface area (TPSA) is 113 Å². The molecule has 2 unspecified atom stereocenters. The molecule has 116 valence electrons. The molecule has 0 saturated carbocycles. The number of aliphatic hydroxyl groups is 1. The van der Waals surface area contributed by atoms with E-state index in [9.17, 15) is 20.0 Å². The van der Waals surface area contributed by atoms with E-state index in [1.54, 1.807) is 19.1 Å². The molecule has 3 N–H and O–H groups in total. The van der Waals surface area contributed by atoms with E-state index in [4.69, 9.17) is 5.11 Å². The maximum Gasteiger partial charge on any atom is 0.305 e. The van der Waals surface area contributed by atoms with E-state index in [0.717, 1.165) is 0 Å². The van der Waals surface area contributed by atoms with Gasteiger partial charge in [0, 0.05) is 23.7 Å². The molecule has 21 heavy (non-hydrogen) atoms. The SMILES string of the molecule is Cc1ccc(C(O)C(CC(=O)O)NC(C)C)cc1[N+](=O)[O-]. The molecule has 0 amide bonds. The predicted molar refractivity (Wildman–Crippen MR) is 77.1 cm³/mol. The van der Waals surface area contributed by atoms with Gasteiger partial charge in [0.05, 0.1) is 17.4 Å². The van der Waals surface area contributed by atoms with Crippen molar-refractivity contribution in [3.8, 4) is 0 Å². The maximum absolute atomic E-state index is 10.9. The molecule has 2 atom stereocenters. The highest BCUT2D eigenvalue weighted by atomic mass is 16.6. The van der Waals surface area contributed by atoms with Gasteiger partial charge >= 0.3 is 5.97 Å². The molecule has 0 aliphatic carbocycles. The van der Waals surface area contributed by atoms with Crippen LogP contribution in [0.15, 0.2) is 18.2 Å². The Hall–Kier alpha value is -1.99. The van der Waals surface area contributed by atoms with Gasteiger partial charge in [-0.15, -0.1) is 0 Å². The smallest absolute Gasteiger partial charge is 0.305 e. The number of aryl methyl sites for hydroxylation is 1. The Kier molecular flexibility index (Phi) is 5.80. The summed E-state index contributed by atoms with van der Waals surface area (Å²) in [7, 11) is 0. The van der Waals surface area contributed by atoms with E-state index < -0.39 is 23.0 Å². The highest BCUT2D eigenvalue weighted by Gasteiger charge is 2.25. The number of aliphatic carboxylic acids is 1. The fourth-order valence-corrected chi connectivity index (χ4v) is 2.12. The van der Waals surface area contributed by atoms with Crippen molar-refractivity contribution >= 4 is 11.7 Å². The second kappa shape index (κ2) is 7.14. The van der Waals surface area contributed by atoms with Gasteiger partial charge in [-0.25, -0.2) is 0 Å². The largest absolute Gasteiger partial charge is 0.481 e. The molecule has 0 heterocycles. The average Bonchev–Trinajstić information content (AvgIpc) is 2.36. The van der Waals surface area contributed by atoms with E-state index in [-0.39, 0.29) is 18.2 Å². The van der Waals surface area contributed by atoms with Crippen LogP contribution in [0.25, 0.3) is 0 Å². The minimum Gasteiger partial charge on any atom is -0.481 e. The Balaban J connectivity index is 3.07. The van der Waals surface area contributed by atoms with Gasteiger partial charge in [0.15, 0.2) is 0 Å². The number of carbonyl (C=O) groups is 1. The zero-order valence-corrected chi connectivity index (χ0v) is 12.2. The maximum atomic E-state index is 10.9. The highest BCUT2D eigenvalue weighted by Crippen LogP contribution is 2.26. The van der Waals surface area contributed by atoms with Gasteiger partial charge in [0.2, 0.25) is 0 Å². The third-order valence-corrected chi connectivity index (χ3v) is 3.09. The third kappa shape index (κ3) is 4.80.